The predicted molar refractivity (Wildman–Crippen MR) is 72.7 cm³/mol. The van der Waals surface area contributed by atoms with Gasteiger partial charge in [0.25, 0.3) is 0 Å². The summed E-state index contributed by atoms with van der Waals surface area (Å²) in [5.41, 5.74) is -0.706. The molecule has 0 spiro atoms. The van der Waals surface area contributed by atoms with Crippen LogP contribution < -0.4 is 0 Å². The molecule has 2 aliphatic carbocycles. The van der Waals surface area contributed by atoms with Crippen LogP contribution in [0.1, 0.15) is 47.5 Å². The van der Waals surface area contributed by atoms with Crippen molar-refractivity contribution in [2.75, 3.05) is 0 Å². The summed E-state index contributed by atoms with van der Waals surface area (Å²) in [7, 11) is 0. The van der Waals surface area contributed by atoms with Gasteiger partial charge in [0.1, 0.15) is 11.7 Å². The maximum absolute atomic E-state index is 12.4. The minimum Gasteiger partial charge on any atom is -0.458 e. The highest BCUT2D eigenvalue weighted by Gasteiger charge is 2.70. The van der Waals surface area contributed by atoms with Crippen LogP contribution in [0.15, 0.2) is 0 Å². The van der Waals surface area contributed by atoms with Crippen LogP contribution in [0.3, 0.4) is 0 Å². The largest absolute Gasteiger partial charge is 0.458 e. The lowest BCUT2D eigenvalue weighted by Crippen LogP contribution is -2.47. The predicted octanol–water partition coefficient (Wildman–Crippen LogP) is 2.55. The standard InChI is InChI=1S/C16H24O4/c1-8(15(2,3)4)13(17)19-12-9-6-10-11(7-9)16(12,5)20-14(10)18/h8-12H,6-7H2,1-5H3. The van der Waals surface area contributed by atoms with Crippen LogP contribution >= 0.6 is 0 Å². The Morgan fingerprint density at radius 1 is 1.40 bits per heavy atom. The molecule has 1 aliphatic heterocycles. The summed E-state index contributed by atoms with van der Waals surface area (Å²) in [5, 5.41) is 0. The molecule has 0 radical (unpaired) electrons. The van der Waals surface area contributed by atoms with Crippen molar-refractivity contribution in [2.45, 2.75) is 59.2 Å². The Labute approximate surface area is 120 Å². The summed E-state index contributed by atoms with van der Waals surface area (Å²) in [6.07, 6.45) is 1.52. The molecule has 6 atom stereocenters. The highest BCUT2D eigenvalue weighted by atomic mass is 16.6. The maximum Gasteiger partial charge on any atom is 0.310 e. The Balaban J connectivity index is 1.77. The zero-order valence-electron chi connectivity index (χ0n) is 12.9. The van der Waals surface area contributed by atoms with Crippen molar-refractivity contribution in [3.05, 3.63) is 0 Å². The van der Waals surface area contributed by atoms with E-state index in [9.17, 15) is 9.59 Å². The zero-order valence-corrected chi connectivity index (χ0v) is 12.9. The molecule has 0 aromatic heterocycles. The second kappa shape index (κ2) is 3.99. The van der Waals surface area contributed by atoms with Gasteiger partial charge in [0.2, 0.25) is 0 Å². The molecular weight excluding hydrogens is 256 g/mol. The number of ether oxygens (including phenoxy) is 2. The maximum atomic E-state index is 12.4. The van der Waals surface area contributed by atoms with Crippen molar-refractivity contribution in [3.8, 4) is 0 Å². The van der Waals surface area contributed by atoms with Crippen molar-refractivity contribution in [2.24, 2.45) is 29.1 Å². The first-order valence-corrected chi connectivity index (χ1v) is 7.58. The van der Waals surface area contributed by atoms with Gasteiger partial charge in [-0.2, -0.15) is 0 Å². The van der Waals surface area contributed by atoms with E-state index in [2.05, 4.69) is 0 Å². The molecule has 0 N–H and O–H groups in total. The number of carbonyl (C=O) groups is 2. The van der Waals surface area contributed by atoms with Crippen molar-refractivity contribution >= 4 is 11.9 Å². The first-order valence-electron chi connectivity index (χ1n) is 7.58. The van der Waals surface area contributed by atoms with Gasteiger partial charge in [0, 0.05) is 11.8 Å². The molecular formula is C16H24O4. The van der Waals surface area contributed by atoms with E-state index in [0.29, 0.717) is 0 Å². The second-order valence-corrected chi connectivity index (χ2v) is 7.99. The lowest BCUT2D eigenvalue weighted by molar-refractivity contribution is -0.179. The molecule has 4 heteroatoms. The number of hydrogen-bond acceptors (Lipinski definition) is 4. The van der Waals surface area contributed by atoms with Gasteiger partial charge in [-0.3, -0.25) is 9.59 Å². The Hall–Kier alpha value is -1.06. The first kappa shape index (κ1) is 13.9. The number of rotatable bonds is 2. The van der Waals surface area contributed by atoms with E-state index in [4.69, 9.17) is 9.47 Å². The summed E-state index contributed by atoms with van der Waals surface area (Å²) >= 11 is 0. The zero-order chi connectivity index (χ0) is 14.9. The Kier molecular flexibility index (Phi) is 2.77. The molecule has 20 heavy (non-hydrogen) atoms. The molecule has 2 bridgehead atoms. The molecule has 3 fully saturated rings. The summed E-state index contributed by atoms with van der Waals surface area (Å²) in [5.74, 6) is 0.136. The molecule has 112 valence electrons. The first-order chi connectivity index (χ1) is 9.14. The van der Waals surface area contributed by atoms with Crippen LogP contribution in [0.5, 0.6) is 0 Å². The van der Waals surface area contributed by atoms with Crippen molar-refractivity contribution in [3.63, 3.8) is 0 Å². The molecule has 6 unspecified atom stereocenters. The van der Waals surface area contributed by atoms with Gasteiger partial charge in [0.05, 0.1) is 11.8 Å². The Morgan fingerprint density at radius 3 is 2.65 bits per heavy atom. The van der Waals surface area contributed by atoms with Crippen LogP contribution in [0, 0.1) is 29.1 Å². The van der Waals surface area contributed by atoms with Crippen molar-refractivity contribution < 1.29 is 19.1 Å². The molecule has 3 rings (SSSR count). The smallest absolute Gasteiger partial charge is 0.310 e. The normalized spacial score (nSPS) is 43.5. The molecule has 4 nitrogen and oxygen atoms in total. The molecule has 0 aromatic carbocycles. The van der Waals surface area contributed by atoms with Crippen LogP contribution in [0.25, 0.3) is 0 Å². The average Bonchev–Trinajstić information content (AvgIpc) is 2.90. The molecule has 3 aliphatic rings. The summed E-state index contributed by atoms with van der Waals surface area (Å²) in [6, 6.07) is 0. The average molecular weight is 280 g/mol. The van der Waals surface area contributed by atoms with E-state index in [0.717, 1.165) is 12.8 Å². The third-order valence-electron chi connectivity index (χ3n) is 5.85. The molecule has 0 amide bonds. The minimum absolute atomic E-state index is 0.0417. The van der Waals surface area contributed by atoms with Crippen LogP contribution in [0.4, 0.5) is 0 Å². The van der Waals surface area contributed by atoms with Gasteiger partial charge < -0.3 is 9.47 Å². The van der Waals surface area contributed by atoms with Gasteiger partial charge in [-0.05, 0) is 25.2 Å². The van der Waals surface area contributed by atoms with E-state index in [1.165, 1.54) is 0 Å². The fourth-order valence-electron chi connectivity index (χ4n) is 4.12. The molecule has 0 aromatic rings. The van der Waals surface area contributed by atoms with E-state index >= 15 is 0 Å². The van der Waals surface area contributed by atoms with Gasteiger partial charge in [-0.1, -0.05) is 27.7 Å². The number of hydrogen-bond donors (Lipinski definition) is 0. The van der Waals surface area contributed by atoms with E-state index in [1.807, 2.05) is 34.6 Å². The van der Waals surface area contributed by atoms with Gasteiger partial charge >= 0.3 is 11.9 Å². The fourth-order valence-corrected chi connectivity index (χ4v) is 4.12. The Bertz CT molecular complexity index is 464. The van der Waals surface area contributed by atoms with Gasteiger partial charge in [0.15, 0.2) is 0 Å². The fraction of sp³-hybridized carbons (Fsp3) is 0.875. The number of fused-ring (bicyclic) bond motifs is 1. The third-order valence-corrected chi connectivity index (χ3v) is 5.85. The minimum atomic E-state index is -0.585. The topological polar surface area (TPSA) is 52.6 Å². The molecule has 1 saturated heterocycles. The lowest BCUT2D eigenvalue weighted by Gasteiger charge is -2.36. The monoisotopic (exact) mass is 280 g/mol. The third kappa shape index (κ3) is 1.73. The Morgan fingerprint density at radius 2 is 2.05 bits per heavy atom. The highest BCUT2D eigenvalue weighted by Crippen LogP contribution is 2.61. The molecule has 1 heterocycles. The van der Waals surface area contributed by atoms with E-state index in [1.54, 1.807) is 0 Å². The molecule has 2 saturated carbocycles. The quantitative estimate of drug-likeness (QED) is 0.729. The van der Waals surface area contributed by atoms with Crippen molar-refractivity contribution in [1.82, 2.24) is 0 Å². The van der Waals surface area contributed by atoms with Crippen LogP contribution in [-0.2, 0) is 19.1 Å². The van der Waals surface area contributed by atoms with Crippen molar-refractivity contribution in [1.29, 1.82) is 0 Å². The number of carbonyl (C=O) groups excluding carboxylic acids is 2. The van der Waals surface area contributed by atoms with Gasteiger partial charge in [-0.15, -0.1) is 0 Å². The lowest BCUT2D eigenvalue weighted by atomic mass is 9.79. The summed E-state index contributed by atoms with van der Waals surface area (Å²) in [4.78, 5) is 24.2. The SMILES string of the molecule is CC(C(=O)OC1C2CC3C(=O)OC1(C)C3C2)C(C)(C)C. The van der Waals surface area contributed by atoms with E-state index < -0.39 is 5.60 Å². The van der Waals surface area contributed by atoms with E-state index in [-0.39, 0.29) is 47.1 Å². The van der Waals surface area contributed by atoms with Crippen LogP contribution in [-0.4, -0.2) is 23.6 Å². The van der Waals surface area contributed by atoms with Gasteiger partial charge in [-0.25, -0.2) is 0 Å². The second-order valence-electron chi connectivity index (χ2n) is 7.99. The van der Waals surface area contributed by atoms with Crippen LogP contribution in [0.2, 0.25) is 0 Å². The number of esters is 2. The highest BCUT2D eigenvalue weighted by molar-refractivity contribution is 5.78. The summed E-state index contributed by atoms with van der Waals surface area (Å²) in [6.45, 7) is 9.95. The summed E-state index contributed by atoms with van der Waals surface area (Å²) < 4.78 is 11.4.